The minimum atomic E-state index is -0.576. The molecule has 0 heterocycles. The maximum Gasteiger partial charge on any atom is 0.340 e. The average Bonchev–Trinajstić information content (AvgIpc) is 2.50. The molecule has 2 aromatic rings. The SMILES string of the molecule is O=C(OCO)c1ccccc1.OCc1ccccc1. The molecule has 0 saturated carbocycles. The maximum atomic E-state index is 10.9. The summed E-state index contributed by atoms with van der Waals surface area (Å²) in [4.78, 5) is 10.9. The van der Waals surface area contributed by atoms with E-state index in [-0.39, 0.29) is 6.61 Å². The summed E-state index contributed by atoms with van der Waals surface area (Å²) in [5.74, 6) is -0.506. The van der Waals surface area contributed by atoms with Crippen molar-refractivity contribution >= 4 is 5.97 Å². The molecule has 4 nitrogen and oxygen atoms in total. The average molecular weight is 260 g/mol. The number of rotatable bonds is 3. The third kappa shape index (κ3) is 5.81. The molecule has 0 saturated heterocycles. The maximum absolute atomic E-state index is 10.9. The largest absolute Gasteiger partial charge is 0.435 e. The summed E-state index contributed by atoms with van der Waals surface area (Å²) in [6, 6.07) is 18.0. The lowest BCUT2D eigenvalue weighted by atomic mass is 10.2. The third-order valence-corrected chi connectivity index (χ3v) is 2.23. The van der Waals surface area contributed by atoms with Crippen molar-refractivity contribution in [3.8, 4) is 0 Å². The van der Waals surface area contributed by atoms with Gasteiger partial charge in [0, 0.05) is 0 Å². The van der Waals surface area contributed by atoms with E-state index >= 15 is 0 Å². The second-order valence-electron chi connectivity index (χ2n) is 3.57. The van der Waals surface area contributed by atoms with Crippen LogP contribution in [0.15, 0.2) is 60.7 Å². The smallest absolute Gasteiger partial charge is 0.340 e. The van der Waals surface area contributed by atoms with E-state index in [1.165, 1.54) is 0 Å². The van der Waals surface area contributed by atoms with Gasteiger partial charge in [0.25, 0.3) is 0 Å². The zero-order valence-corrected chi connectivity index (χ0v) is 10.4. The van der Waals surface area contributed by atoms with E-state index in [0.29, 0.717) is 5.56 Å². The molecular weight excluding hydrogens is 244 g/mol. The van der Waals surface area contributed by atoms with Crippen molar-refractivity contribution in [2.75, 3.05) is 6.79 Å². The Morgan fingerprint density at radius 1 is 0.895 bits per heavy atom. The number of hydrogen-bond acceptors (Lipinski definition) is 4. The van der Waals surface area contributed by atoms with Gasteiger partial charge >= 0.3 is 5.97 Å². The quantitative estimate of drug-likeness (QED) is 0.654. The van der Waals surface area contributed by atoms with Crippen molar-refractivity contribution in [1.82, 2.24) is 0 Å². The van der Waals surface area contributed by atoms with E-state index in [1.54, 1.807) is 30.3 Å². The van der Waals surface area contributed by atoms with Gasteiger partial charge in [-0.05, 0) is 17.7 Å². The van der Waals surface area contributed by atoms with Crippen molar-refractivity contribution in [3.63, 3.8) is 0 Å². The van der Waals surface area contributed by atoms with E-state index in [2.05, 4.69) is 4.74 Å². The van der Waals surface area contributed by atoms with Gasteiger partial charge in [0.05, 0.1) is 12.2 Å². The Balaban J connectivity index is 0.000000200. The molecule has 0 spiro atoms. The van der Waals surface area contributed by atoms with E-state index < -0.39 is 12.8 Å². The molecule has 2 aromatic carbocycles. The molecule has 0 unspecified atom stereocenters. The summed E-state index contributed by atoms with van der Waals surface area (Å²) in [6.45, 7) is -0.436. The first-order valence-electron chi connectivity index (χ1n) is 5.75. The van der Waals surface area contributed by atoms with E-state index in [4.69, 9.17) is 10.2 Å². The van der Waals surface area contributed by atoms with Gasteiger partial charge in [0.2, 0.25) is 0 Å². The fourth-order valence-electron chi connectivity index (χ4n) is 1.30. The molecule has 0 radical (unpaired) electrons. The summed E-state index contributed by atoms with van der Waals surface area (Å²) < 4.78 is 4.34. The first-order chi connectivity index (χ1) is 9.27. The van der Waals surface area contributed by atoms with Crippen LogP contribution in [0.2, 0.25) is 0 Å². The van der Waals surface area contributed by atoms with E-state index in [9.17, 15) is 4.79 Å². The zero-order valence-electron chi connectivity index (χ0n) is 10.4. The lowest BCUT2D eigenvalue weighted by molar-refractivity contribution is 0.00684. The normalized spacial score (nSPS) is 9.16. The first kappa shape index (κ1) is 14.9. The molecule has 2 N–H and O–H groups in total. The van der Waals surface area contributed by atoms with Crippen LogP contribution in [0.25, 0.3) is 0 Å². The highest BCUT2D eigenvalue weighted by molar-refractivity contribution is 5.89. The van der Waals surface area contributed by atoms with Crippen LogP contribution in [0.1, 0.15) is 15.9 Å². The van der Waals surface area contributed by atoms with Gasteiger partial charge < -0.3 is 14.9 Å². The molecule has 0 bridgehead atoms. The van der Waals surface area contributed by atoms with Crippen LogP contribution < -0.4 is 0 Å². The van der Waals surface area contributed by atoms with Gasteiger partial charge in [0.1, 0.15) is 0 Å². The van der Waals surface area contributed by atoms with Gasteiger partial charge in [-0.1, -0.05) is 48.5 Å². The van der Waals surface area contributed by atoms with Crippen molar-refractivity contribution in [3.05, 3.63) is 71.8 Å². The van der Waals surface area contributed by atoms with Crippen LogP contribution in [0.4, 0.5) is 0 Å². The molecule has 4 heteroatoms. The van der Waals surface area contributed by atoms with Crippen molar-refractivity contribution in [2.24, 2.45) is 0 Å². The van der Waals surface area contributed by atoms with Gasteiger partial charge in [-0.25, -0.2) is 4.79 Å². The van der Waals surface area contributed by atoms with Gasteiger partial charge in [-0.3, -0.25) is 0 Å². The Labute approximate surface area is 111 Å². The number of carbonyl (C=O) groups is 1. The minimum Gasteiger partial charge on any atom is -0.435 e. The van der Waals surface area contributed by atoms with Gasteiger partial charge in [-0.2, -0.15) is 0 Å². The van der Waals surface area contributed by atoms with Crippen LogP contribution in [0, 0.1) is 0 Å². The van der Waals surface area contributed by atoms with E-state index in [1.807, 2.05) is 30.3 Å². The monoisotopic (exact) mass is 260 g/mol. The Morgan fingerprint density at radius 2 is 1.42 bits per heavy atom. The Kier molecular flexibility index (Phi) is 6.94. The Bertz CT molecular complexity index is 468. The van der Waals surface area contributed by atoms with Crippen LogP contribution in [0.3, 0.4) is 0 Å². The number of ether oxygens (including phenoxy) is 1. The standard InChI is InChI=1S/C8H8O3.C7H8O/c9-6-11-8(10)7-4-2-1-3-5-7;8-6-7-4-2-1-3-5-7/h1-5,9H,6H2;1-5,8H,6H2. The zero-order chi connectivity index (χ0) is 13.9. The van der Waals surface area contributed by atoms with Crippen LogP contribution >= 0.6 is 0 Å². The molecule has 0 aliphatic carbocycles. The van der Waals surface area contributed by atoms with E-state index in [0.717, 1.165) is 5.56 Å². The molecule has 0 aliphatic rings. The second-order valence-corrected chi connectivity index (χ2v) is 3.57. The highest BCUT2D eigenvalue weighted by Crippen LogP contribution is 1.99. The fraction of sp³-hybridized carbons (Fsp3) is 0.133. The lowest BCUT2D eigenvalue weighted by Crippen LogP contribution is -2.04. The molecule has 0 aliphatic heterocycles. The highest BCUT2D eigenvalue weighted by atomic mass is 16.6. The van der Waals surface area contributed by atoms with Gasteiger partial charge in [0.15, 0.2) is 6.79 Å². The summed E-state index contributed by atoms with van der Waals surface area (Å²) in [5, 5.41) is 16.8. The fourth-order valence-corrected chi connectivity index (χ4v) is 1.30. The van der Waals surface area contributed by atoms with Crippen molar-refractivity contribution < 1.29 is 19.7 Å². The number of esters is 1. The molecule has 100 valence electrons. The second kappa shape index (κ2) is 8.85. The van der Waals surface area contributed by atoms with Crippen LogP contribution in [-0.4, -0.2) is 23.0 Å². The number of benzene rings is 2. The molecule has 0 fully saturated rings. The predicted octanol–water partition coefficient (Wildman–Crippen LogP) is 1.97. The predicted molar refractivity (Wildman–Crippen MR) is 71.3 cm³/mol. The highest BCUT2D eigenvalue weighted by Gasteiger charge is 2.02. The molecule has 0 aromatic heterocycles. The number of aliphatic hydroxyl groups excluding tert-OH is 2. The Hall–Kier alpha value is -2.17. The topological polar surface area (TPSA) is 66.8 Å². The van der Waals surface area contributed by atoms with Crippen LogP contribution in [0.5, 0.6) is 0 Å². The number of carbonyl (C=O) groups excluding carboxylic acids is 1. The summed E-state index contributed by atoms with van der Waals surface area (Å²) in [6.07, 6.45) is 0. The molecule has 19 heavy (non-hydrogen) atoms. The first-order valence-corrected chi connectivity index (χ1v) is 5.75. The molecule has 0 atom stereocenters. The van der Waals surface area contributed by atoms with Crippen molar-refractivity contribution in [2.45, 2.75) is 6.61 Å². The van der Waals surface area contributed by atoms with Crippen molar-refractivity contribution in [1.29, 1.82) is 0 Å². The number of hydrogen-bond donors (Lipinski definition) is 2. The molecular formula is C15H16O4. The number of aliphatic hydroxyl groups is 2. The summed E-state index contributed by atoms with van der Waals surface area (Å²) in [7, 11) is 0. The summed E-state index contributed by atoms with van der Waals surface area (Å²) in [5.41, 5.74) is 1.41. The third-order valence-electron chi connectivity index (χ3n) is 2.23. The minimum absolute atomic E-state index is 0.140. The Morgan fingerprint density at radius 3 is 1.84 bits per heavy atom. The molecule has 0 amide bonds. The molecule has 2 rings (SSSR count). The lowest BCUT2D eigenvalue weighted by Gasteiger charge is -1.98. The van der Waals surface area contributed by atoms with Gasteiger partial charge in [-0.15, -0.1) is 0 Å². The summed E-state index contributed by atoms with van der Waals surface area (Å²) >= 11 is 0. The van der Waals surface area contributed by atoms with Crippen LogP contribution in [-0.2, 0) is 11.3 Å².